The van der Waals surface area contributed by atoms with Gasteiger partial charge in [0.05, 0.1) is 17.6 Å². The zero-order valence-corrected chi connectivity index (χ0v) is 15.7. The van der Waals surface area contributed by atoms with Gasteiger partial charge in [-0.15, -0.1) is 0 Å². The molecule has 0 fully saturated rings. The van der Waals surface area contributed by atoms with Crippen LogP contribution in [0.5, 0.6) is 0 Å². The smallest absolute Gasteiger partial charge is 0.207 e. The molecule has 0 unspecified atom stereocenters. The van der Waals surface area contributed by atoms with Crippen LogP contribution in [0.1, 0.15) is 24.2 Å². The molecule has 25 heavy (non-hydrogen) atoms. The van der Waals surface area contributed by atoms with Gasteiger partial charge in [0, 0.05) is 12.6 Å². The van der Waals surface area contributed by atoms with Crippen molar-refractivity contribution in [3.8, 4) is 0 Å². The van der Waals surface area contributed by atoms with Crippen LogP contribution < -0.4 is 21.6 Å². The quantitative estimate of drug-likeness (QED) is 0.255. The number of benzene rings is 1. The van der Waals surface area contributed by atoms with Gasteiger partial charge in [-0.2, -0.15) is 15.3 Å². The van der Waals surface area contributed by atoms with Gasteiger partial charge in [-0.25, -0.2) is 0 Å². The number of rotatable bonds is 6. The Labute approximate surface area is 156 Å². The summed E-state index contributed by atoms with van der Waals surface area (Å²) in [4.78, 5) is 11.8. The fourth-order valence-corrected chi connectivity index (χ4v) is 1.48. The van der Waals surface area contributed by atoms with Crippen molar-refractivity contribution >= 4 is 58.1 Å². The largest absolute Gasteiger partial charge is 0.364 e. The molecule has 0 saturated heterocycles. The van der Waals surface area contributed by atoms with Crippen LogP contribution >= 0.6 is 24.4 Å². The third-order valence-corrected chi connectivity index (χ3v) is 3.29. The van der Waals surface area contributed by atoms with E-state index in [2.05, 4.69) is 36.9 Å². The van der Waals surface area contributed by atoms with E-state index in [1.54, 1.807) is 45.2 Å². The lowest BCUT2D eigenvalue weighted by Gasteiger charge is -2.05. The van der Waals surface area contributed by atoms with E-state index in [-0.39, 0.29) is 10.9 Å². The van der Waals surface area contributed by atoms with Crippen molar-refractivity contribution in [3.63, 3.8) is 0 Å². The molecule has 1 rings (SSSR count). The molecule has 0 aromatic heterocycles. The highest BCUT2D eigenvalue weighted by atomic mass is 32.1. The molecular weight excluding hydrogens is 358 g/mol. The first-order chi connectivity index (χ1) is 11.9. The second kappa shape index (κ2) is 10.9. The van der Waals surface area contributed by atoms with Gasteiger partial charge in [0.1, 0.15) is 0 Å². The molecule has 0 saturated carbocycles. The molecule has 132 valence electrons. The summed E-state index contributed by atoms with van der Waals surface area (Å²) in [5.74, 6) is -0.231. The minimum atomic E-state index is -0.231. The second-order valence-electron chi connectivity index (χ2n) is 4.63. The highest BCUT2D eigenvalue weighted by molar-refractivity contribution is 7.80. The fourth-order valence-electron chi connectivity index (χ4n) is 1.34. The predicted molar refractivity (Wildman–Crippen MR) is 109 cm³/mol. The van der Waals surface area contributed by atoms with E-state index < -0.39 is 0 Å². The van der Waals surface area contributed by atoms with Gasteiger partial charge in [0.25, 0.3) is 0 Å². The Kier molecular flexibility index (Phi) is 8.90. The molecule has 0 radical (unpaired) electrons. The Morgan fingerprint density at radius 1 is 0.960 bits per heavy atom. The maximum atomic E-state index is 11.8. The Morgan fingerprint density at radius 3 is 2.08 bits per heavy atom. The van der Waals surface area contributed by atoms with Gasteiger partial charge in [-0.3, -0.25) is 21.1 Å². The first kappa shape index (κ1) is 20.3. The minimum absolute atomic E-state index is 0.142. The highest BCUT2D eigenvalue weighted by Crippen LogP contribution is 1.97. The number of hydrogen-bond donors (Lipinski definition) is 4. The van der Waals surface area contributed by atoms with Crippen LogP contribution in [0.15, 0.2) is 45.6 Å². The molecule has 0 aliphatic rings. The Morgan fingerprint density at radius 2 is 1.52 bits per heavy atom. The van der Waals surface area contributed by atoms with Gasteiger partial charge < -0.3 is 5.32 Å². The third-order valence-electron chi connectivity index (χ3n) is 2.81. The van der Waals surface area contributed by atoms with Crippen LogP contribution in [0.3, 0.4) is 0 Å². The zero-order chi connectivity index (χ0) is 18.7. The van der Waals surface area contributed by atoms with Gasteiger partial charge in [0.2, 0.25) is 10.9 Å². The van der Waals surface area contributed by atoms with Crippen molar-refractivity contribution < 1.29 is 4.79 Å². The topological polar surface area (TPSA) is 102 Å². The number of thiocarbonyl (C=S) groups is 2. The van der Waals surface area contributed by atoms with Crippen molar-refractivity contribution in [1.29, 1.82) is 0 Å². The molecule has 0 heterocycles. The number of ketones is 1. The van der Waals surface area contributed by atoms with Crippen LogP contribution in [0.25, 0.3) is 0 Å². The average molecular weight is 377 g/mol. The van der Waals surface area contributed by atoms with E-state index in [1.807, 2.05) is 6.07 Å². The first-order valence-corrected chi connectivity index (χ1v) is 8.00. The zero-order valence-electron chi connectivity index (χ0n) is 14.0. The van der Waals surface area contributed by atoms with Crippen LogP contribution in [0, 0.1) is 0 Å². The van der Waals surface area contributed by atoms with Crippen molar-refractivity contribution in [3.05, 3.63) is 35.9 Å². The van der Waals surface area contributed by atoms with Crippen molar-refractivity contribution in [1.82, 2.24) is 21.6 Å². The summed E-state index contributed by atoms with van der Waals surface area (Å²) in [5, 5.41) is 15.2. The number of nitrogens with one attached hydrogen (secondary N) is 4. The molecule has 8 nitrogen and oxygen atoms in total. The number of carbonyl (C=O) groups excluding carboxylic acids is 1. The summed E-state index contributed by atoms with van der Waals surface area (Å²) in [6.45, 7) is 3.51. The monoisotopic (exact) mass is 377 g/mol. The molecule has 0 amide bonds. The summed E-state index contributed by atoms with van der Waals surface area (Å²) in [7, 11) is 1.69. The number of hydrazone groups is 3. The SMILES string of the molecule is CNC(=S)N/N=C(C)/C(C)=N/NC(=S)N/N=C/C(=O)c1ccccc1. The molecule has 0 aliphatic carbocycles. The highest BCUT2D eigenvalue weighted by Gasteiger charge is 2.01. The predicted octanol–water partition coefficient (Wildman–Crippen LogP) is 1.16. The van der Waals surface area contributed by atoms with Crippen LogP contribution in [-0.4, -0.2) is 40.7 Å². The number of Topliss-reactive ketones (excluding diaryl/α,β-unsaturated/α-hetero) is 1. The van der Waals surface area contributed by atoms with Crippen molar-refractivity contribution in [2.24, 2.45) is 15.3 Å². The van der Waals surface area contributed by atoms with Crippen LogP contribution in [0.4, 0.5) is 0 Å². The molecular formula is C15H19N7OS2. The summed E-state index contributed by atoms with van der Waals surface area (Å²) >= 11 is 9.92. The van der Waals surface area contributed by atoms with Gasteiger partial charge in [0.15, 0.2) is 5.11 Å². The number of hydrogen-bond acceptors (Lipinski definition) is 6. The standard InChI is InChI=1S/C15H19N7OS2/c1-10(18-21-14(24)16-3)11(2)19-22-15(25)20-17-9-13(23)12-7-5-4-6-8-12/h4-9H,1-3H3,(H2,16,21,24)(H2,20,22,25)/b17-9+,18-10+,19-11+. The van der Waals surface area contributed by atoms with E-state index in [1.165, 1.54) is 0 Å². The second-order valence-corrected chi connectivity index (χ2v) is 5.44. The fraction of sp³-hybridized carbons (Fsp3) is 0.200. The summed E-state index contributed by atoms with van der Waals surface area (Å²) in [5.41, 5.74) is 9.53. The third kappa shape index (κ3) is 8.08. The lowest BCUT2D eigenvalue weighted by atomic mass is 10.1. The summed E-state index contributed by atoms with van der Waals surface area (Å²) in [6.07, 6.45) is 1.15. The normalized spacial score (nSPS) is 11.8. The molecule has 10 heteroatoms. The maximum Gasteiger partial charge on any atom is 0.207 e. The number of nitrogens with zero attached hydrogens (tertiary/aromatic N) is 3. The first-order valence-electron chi connectivity index (χ1n) is 7.19. The maximum absolute atomic E-state index is 11.8. The van der Waals surface area contributed by atoms with Gasteiger partial charge in [-0.05, 0) is 38.3 Å². The lowest BCUT2D eigenvalue weighted by Crippen LogP contribution is -2.31. The van der Waals surface area contributed by atoms with E-state index in [0.29, 0.717) is 22.1 Å². The van der Waals surface area contributed by atoms with E-state index in [4.69, 9.17) is 24.4 Å². The Hall–Kier alpha value is -2.72. The van der Waals surface area contributed by atoms with Crippen LogP contribution in [-0.2, 0) is 0 Å². The molecule has 0 atom stereocenters. The summed E-state index contributed by atoms with van der Waals surface area (Å²) < 4.78 is 0. The molecule has 0 aliphatic heterocycles. The summed E-state index contributed by atoms with van der Waals surface area (Å²) in [6, 6.07) is 8.79. The Balaban J connectivity index is 2.47. The van der Waals surface area contributed by atoms with E-state index in [9.17, 15) is 4.79 Å². The molecule has 0 spiro atoms. The van der Waals surface area contributed by atoms with Crippen molar-refractivity contribution in [2.45, 2.75) is 13.8 Å². The molecule has 1 aromatic rings. The van der Waals surface area contributed by atoms with Gasteiger partial charge >= 0.3 is 0 Å². The van der Waals surface area contributed by atoms with E-state index in [0.717, 1.165) is 6.21 Å². The van der Waals surface area contributed by atoms with Gasteiger partial charge in [-0.1, -0.05) is 30.3 Å². The Bertz CT molecular complexity index is 714. The molecule has 4 N–H and O–H groups in total. The van der Waals surface area contributed by atoms with Crippen LogP contribution in [0.2, 0.25) is 0 Å². The molecule has 0 bridgehead atoms. The average Bonchev–Trinajstić information content (AvgIpc) is 2.64. The van der Waals surface area contributed by atoms with Crippen molar-refractivity contribution in [2.75, 3.05) is 7.05 Å². The lowest BCUT2D eigenvalue weighted by molar-refractivity contribution is 0.107. The molecule has 1 aromatic carbocycles. The van der Waals surface area contributed by atoms with E-state index >= 15 is 0 Å². The minimum Gasteiger partial charge on any atom is -0.364 e. The number of carbonyl (C=O) groups is 1.